The Kier molecular flexibility index (Phi) is 6.71. The Labute approximate surface area is 217 Å². The third-order valence-electron chi connectivity index (χ3n) is 6.18. The average Bonchev–Trinajstić information content (AvgIpc) is 3.62. The zero-order valence-electron chi connectivity index (χ0n) is 20.6. The summed E-state index contributed by atoms with van der Waals surface area (Å²) in [6, 6.07) is 13.1. The lowest BCUT2D eigenvalue weighted by Gasteiger charge is -2.25. The molecule has 1 unspecified atom stereocenters. The number of furan rings is 1. The van der Waals surface area contributed by atoms with Gasteiger partial charge < -0.3 is 19.0 Å². The van der Waals surface area contributed by atoms with Crippen LogP contribution in [0.3, 0.4) is 0 Å². The van der Waals surface area contributed by atoms with E-state index in [0.717, 1.165) is 11.8 Å². The number of methoxy groups -OCH3 is 1. The Bertz CT molecular complexity index is 1450. The van der Waals surface area contributed by atoms with Crippen LogP contribution in [-0.2, 0) is 4.79 Å². The molecule has 0 saturated carbocycles. The van der Waals surface area contributed by atoms with Gasteiger partial charge in [0.2, 0.25) is 5.78 Å². The predicted molar refractivity (Wildman–Crippen MR) is 140 cm³/mol. The molecule has 190 valence electrons. The number of hydrogen-bond donors (Lipinski definition) is 1. The van der Waals surface area contributed by atoms with Crippen LogP contribution in [0, 0.1) is 5.92 Å². The fraction of sp³-hybridized carbons (Fsp3) is 0.250. The highest BCUT2D eigenvalue weighted by Gasteiger charge is 2.46. The molecule has 1 atom stereocenters. The molecular formula is C28H26N2O6S. The maximum absolute atomic E-state index is 13.7. The first kappa shape index (κ1) is 24.6. The number of carbonyl (C=O) groups excluding carboxylic acids is 2. The Morgan fingerprint density at radius 2 is 2.00 bits per heavy atom. The standard InChI is InChI=1S/C28H26N2O6S/c1-16(2)10-12-35-20-9-8-18(15-21(20)34-3)24-23(26(32)27(33)30(24)28-29-11-13-37-28)25(31)22-14-17-6-4-5-7-19(17)36-22/h4-9,11,13-16,24,32H,10,12H2,1-3H3. The third kappa shape index (κ3) is 4.58. The number of aliphatic hydroxyl groups excluding tert-OH is 1. The number of carbonyl (C=O) groups is 2. The zero-order valence-corrected chi connectivity index (χ0v) is 21.5. The quantitative estimate of drug-likeness (QED) is 0.267. The Morgan fingerprint density at radius 1 is 1.19 bits per heavy atom. The van der Waals surface area contributed by atoms with Gasteiger partial charge in [0.05, 0.1) is 25.3 Å². The third-order valence-corrected chi connectivity index (χ3v) is 6.95. The molecule has 1 aliphatic heterocycles. The molecule has 0 bridgehead atoms. The van der Waals surface area contributed by atoms with Crippen molar-refractivity contribution >= 4 is 39.1 Å². The van der Waals surface area contributed by atoms with Crippen LogP contribution in [0.5, 0.6) is 11.5 Å². The van der Waals surface area contributed by atoms with Gasteiger partial charge in [0, 0.05) is 17.0 Å². The molecule has 37 heavy (non-hydrogen) atoms. The molecule has 1 N–H and O–H groups in total. The van der Waals surface area contributed by atoms with Gasteiger partial charge in [-0.15, -0.1) is 11.3 Å². The maximum Gasteiger partial charge on any atom is 0.296 e. The van der Waals surface area contributed by atoms with Crippen LogP contribution in [0.15, 0.2) is 75.9 Å². The number of benzene rings is 2. The number of Topliss-reactive ketones (excluding diaryl/α,β-unsaturated/α-hetero) is 1. The van der Waals surface area contributed by atoms with Crippen molar-refractivity contribution in [2.75, 3.05) is 18.6 Å². The highest BCUT2D eigenvalue weighted by Crippen LogP contribution is 2.44. The predicted octanol–water partition coefficient (Wildman–Crippen LogP) is 6.11. The summed E-state index contributed by atoms with van der Waals surface area (Å²) in [6.45, 7) is 4.76. The van der Waals surface area contributed by atoms with E-state index < -0.39 is 23.5 Å². The van der Waals surface area contributed by atoms with Crippen molar-refractivity contribution < 1.29 is 28.6 Å². The molecule has 8 nitrogen and oxygen atoms in total. The van der Waals surface area contributed by atoms with Crippen LogP contribution < -0.4 is 14.4 Å². The number of ketones is 1. The molecule has 4 aromatic rings. The normalized spacial score (nSPS) is 15.7. The smallest absolute Gasteiger partial charge is 0.296 e. The summed E-state index contributed by atoms with van der Waals surface area (Å²) >= 11 is 1.23. The Morgan fingerprint density at radius 3 is 2.70 bits per heavy atom. The summed E-state index contributed by atoms with van der Waals surface area (Å²) in [7, 11) is 1.53. The molecule has 5 rings (SSSR count). The number of aromatic nitrogens is 1. The number of nitrogens with zero attached hydrogens (tertiary/aromatic N) is 2. The van der Waals surface area contributed by atoms with Crippen molar-refractivity contribution in [3.63, 3.8) is 0 Å². The molecule has 9 heteroatoms. The van der Waals surface area contributed by atoms with E-state index in [0.29, 0.717) is 40.3 Å². The van der Waals surface area contributed by atoms with Crippen molar-refractivity contribution in [3.8, 4) is 11.5 Å². The minimum absolute atomic E-state index is 0.0298. The van der Waals surface area contributed by atoms with Crippen LogP contribution in [0.25, 0.3) is 11.0 Å². The molecule has 0 spiro atoms. The van der Waals surface area contributed by atoms with Crippen LogP contribution in [0.4, 0.5) is 5.13 Å². The van der Waals surface area contributed by atoms with E-state index >= 15 is 0 Å². The van der Waals surface area contributed by atoms with Gasteiger partial charge in [-0.05, 0) is 42.2 Å². The van der Waals surface area contributed by atoms with E-state index in [4.69, 9.17) is 13.9 Å². The lowest BCUT2D eigenvalue weighted by molar-refractivity contribution is -0.117. The van der Waals surface area contributed by atoms with Crippen LogP contribution >= 0.6 is 11.3 Å². The summed E-state index contributed by atoms with van der Waals surface area (Å²) in [6.07, 6.45) is 2.44. The fourth-order valence-corrected chi connectivity index (χ4v) is 4.96. The molecular weight excluding hydrogens is 492 g/mol. The molecule has 2 aromatic carbocycles. The topological polar surface area (TPSA) is 102 Å². The summed E-state index contributed by atoms with van der Waals surface area (Å²) in [4.78, 5) is 32.6. The second-order valence-electron chi connectivity index (χ2n) is 9.07. The van der Waals surface area contributed by atoms with E-state index in [1.54, 1.807) is 48.0 Å². The minimum Gasteiger partial charge on any atom is -0.503 e. The highest BCUT2D eigenvalue weighted by molar-refractivity contribution is 7.13. The number of rotatable bonds is 9. The molecule has 1 amide bonds. The number of ether oxygens (including phenoxy) is 2. The number of aliphatic hydroxyl groups is 1. The van der Waals surface area contributed by atoms with Crippen molar-refractivity contribution in [2.45, 2.75) is 26.3 Å². The first-order valence-electron chi connectivity index (χ1n) is 11.9. The minimum atomic E-state index is -0.946. The molecule has 2 aromatic heterocycles. The van der Waals surface area contributed by atoms with Gasteiger partial charge in [-0.2, -0.15) is 0 Å². The molecule has 1 aliphatic rings. The number of hydrogen-bond acceptors (Lipinski definition) is 8. The first-order valence-corrected chi connectivity index (χ1v) is 12.8. The second-order valence-corrected chi connectivity index (χ2v) is 9.95. The van der Waals surface area contributed by atoms with Gasteiger partial charge >= 0.3 is 0 Å². The van der Waals surface area contributed by atoms with Crippen LogP contribution in [-0.4, -0.2) is 35.5 Å². The van der Waals surface area contributed by atoms with Gasteiger partial charge in [0.25, 0.3) is 5.91 Å². The first-order chi connectivity index (χ1) is 17.9. The SMILES string of the molecule is COc1cc(C2C(C(=O)c3cc4ccccc4o3)=C(O)C(=O)N2c2nccs2)ccc1OCCC(C)C. The zero-order chi connectivity index (χ0) is 26.1. The largest absolute Gasteiger partial charge is 0.503 e. The fourth-order valence-electron chi connectivity index (χ4n) is 4.29. The van der Waals surface area contributed by atoms with E-state index in [-0.39, 0.29) is 11.3 Å². The van der Waals surface area contributed by atoms with E-state index in [1.165, 1.54) is 23.3 Å². The van der Waals surface area contributed by atoms with Crippen LogP contribution in [0.2, 0.25) is 0 Å². The molecule has 0 fully saturated rings. The van der Waals surface area contributed by atoms with E-state index in [1.807, 2.05) is 12.1 Å². The lowest BCUT2D eigenvalue weighted by Crippen LogP contribution is -2.31. The summed E-state index contributed by atoms with van der Waals surface area (Å²) in [5.41, 5.74) is 1.00. The van der Waals surface area contributed by atoms with Crippen LogP contribution in [0.1, 0.15) is 42.4 Å². The van der Waals surface area contributed by atoms with Gasteiger partial charge in [0.1, 0.15) is 5.58 Å². The Balaban J connectivity index is 1.58. The van der Waals surface area contributed by atoms with Crippen molar-refractivity contribution in [1.82, 2.24) is 4.98 Å². The second kappa shape index (κ2) is 10.1. The average molecular weight is 519 g/mol. The molecule has 3 heterocycles. The van der Waals surface area contributed by atoms with Crippen molar-refractivity contribution in [2.24, 2.45) is 5.92 Å². The number of amides is 1. The van der Waals surface area contributed by atoms with Gasteiger partial charge in [-0.3, -0.25) is 14.5 Å². The van der Waals surface area contributed by atoms with Gasteiger partial charge in [-0.1, -0.05) is 38.1 Å². The van der Waals surface area contributed by atoms with E-state index in [2.05, 4.69) is 18.8 Å². The maximum atomic E-state index is 13.7. The summed E-state index contributed by atoms with van der Waals surface area (Å²) in [5.74, 6) is -0.409. The number of thiazole rings is 1. The summed E-state index contributed by atoms with van der Waals surface area (Å²) in [5, 5.41) is 13.8. The van der Waals surface area contributed by atoms with Crippen molar-refractivity contribution in [1.29, 1.82) is 0 Å². The molecule has 0 radical (unpaired) electrons. The number of anilines is 1. The molecule has 0 saturated heterocycles. The number of fused-ring (bicyclic) bond motifs is 1. The molecule has 0 aliphatic carbocycles. The van der Waals surface area contributed by atoms with Gasteiger partial charge in [-0.25, -0.2) is 4.98 Å². The van der Waals surface area contributed by atoms with E-state index in [9.17, 15) is 14.7 Å². The lowest BCUT2D eigenvalue weighted by atomic mass is 9.95. The van der Waals surface area contributed by atoms with Gasteiger partial charge in [0.15, 0.2) is 28.1 Å². The monoisotopic (exact) mass is 518 g/mol. The summed E-state index contributed by atoms with van der Waals surface area (Å²) < 4.78 is 17.3. The highest BCUT2D eigenvalue weighted by atomic mass is 32.1. The van der Waals surface area contributed by atoms with Crippen molar-refractivity contribution in [3.05, 3.63) is 82.8 Å². The Hall–Kier alpha value is -4.11. The number of para-hydroxylation sites is 1.